The highest BCUT2D eigenvalue weighted by Gasteiger charge is 2.17. The number of non-ortho nitro benzene ring substituents is 1. The minimum atomic E-state index is -0.484. The van der Waals surface area contributed by atoms with Gasteiger partial charge in [-0.05, 0) is 45.0 Å². The summed E-state index contributed by atoms with van der Waals surface area (Å²) in [5.41, 5.74) is 1.91. The van der Waals surface area contributed by atoms with Gasteiger partial charge < -0.3 is 15.1 Å². The first-order chi connectivity index (χ1) is 15.2. The highest BCUT2D eigenvalue weighted by atomic mass is 16.6. The molecule has 0 unspecified atom stereocenters. The molecule has 0 bridgehead atoms. The van der Waals surface area contributed by atoms with Crippen LogP contribution in [0.3, 0.4) is 0 Å². The van der Waals surface area contributed by atoms with E-state index in [-0.39, 0.29) is 17.4 Å². The number of rotatable bonds is 7. The Hall–Kier alpha value is -4.20. The zero-order chi connectivity index (χ0) is 23.3. The quantitative estimate of drug-likeness (QED) is 0.324. The zero-order valence-corrected chi connectivity index (χ0v) is 17.9. The predicted molar refractivity (Wildman–Crippen MR) is 121 cm³/mol. The van der Waals surface area contributed by atoms with Crippen LogP contribution in [-0.4, -0.2) is 22.8 Å². The average Bonchev–Trinajstić information content (AvgIpc) is 3.22. The van der Waals surface area contributed by atoms with Crippen molar-refractivity contribution in [3.63, 3.8) is 0 Å². The maximum atomic E-state index is 12.7. The lowest BCUT2D eigenvalue weighted by Crippen LogP contribution is -2.38. The maximum Gasteiger partial charge on any atom is 0.270 e. The Morgan fingerprint density at radius 2 is 1.78 bits per heavy atom. The SMILES string of the molecule is Cc1ccc(C(=O)NC(=Cc2ccc(-c3cccc([N+](=O)[O-])c3)o2)C(=O)NC(C)C)cc1. The summed E-state index contributed by atoms with van der Waals surface area (Å²) in [5.74, 6) is -0.188. The number of nitro benzene ring substituents is 1. The molecule has 8 nitrogen and oxygen atoms in total. The van der Waals surface area contributed by atoms with E-state index < -0.39 is 16.7 Å². The van der Waals surface area contributed by atoms with Gasteiger partial charge >= 0.3 is 0 Å². The monoisotopic (exact) mass is 433 g/mol. The second-order valence-corrected chi connectivity index (χ2v) is 7.52. The average molecular weight is 433 g/mol. The van der Waals surface area contributed by atoms with Crippen molar-refractivity contribution in [2.24, 2.45) is 0 Å². The first kappa shape index (κ1) is 22.5. The highest BCUT2D eigenvalue weighted by molar-refractivity contribution is 6.05. The molecule has 2 N–H and O–H groups in total. The van der Waals surface area contributed by atoms with Gasteiger partial charge in [-0.2, -0.15) is 0 Å². The summed E-state index contributed by atoms with van der Waals surface area (Å²) in [6.45, 7) is 5.54. The topological polar surface area (TPSA) is 114 Å². The van der Waals surface area contributed by atoms with Gasteiger partial charge in [-0.3, -0.25) is 19.7 Å². The summed E-state index contributed by atoms with van der Waals surface area (Å²) in [7, 11) is 0. The summed E-state index contributed by atoms with van der Waals surface area (Å²) in [6, 6.07) is 16.1. The molecule has 1 aromatic heterocycles. The molecule has 32 heavy (non-hydrogen) atoms. The fourth-order valence-corrected chi connectivity index (χ4v) is 2.90. The van der Waals surface area contributed by atoms with Crippen LogP contribution in [0.15, 0.2) is 70.8 Å². The summed E-state index contributed by atoms with van der Waals surface area (Å²) in [4.78, 5) is 35.8. The van der Waals surface area contributed by atoms with Crippen LogP contribution in [0.1, 0.15) is 35.5 Å². The Kier molecular flexibility index (Phi) is 6.84. The minimum Gasteiger partial charge on any atom is -0.457 e. The van der Waals surface area contributed by atoms with E-state index in [4.69, 9.17) is 4.42 Å². The molecule has 3 rings (SSSR count). The number of nitro groups is 1. The fraction of sp³-hybridized carbons (Fsp3) is 0.167. The van der Waals surface area contributed by atoms with E-state index in [2.05, 4.69) is 10.6 Å². The Bertz CT molecular complexity index is 1180. The molecule has 0 fully saturated rings. The van der Waals surface area contributed by atoms with E-state index in [1.165, 1.54) is 18.2 Å². The molecular weight excluding hydrogens is 410 g/mol. The van der Waals surface area contributed by atoms with Crippen LogP contribution < -0.4 is 10.6 Å². The Labute approximate surface area is 185 Å². The molecule has 0 aliphatic heterocycles. The fourth-order valence-electron chi connectivity index (χ4n) is 2.90. The lowest BCUT2D eigenvalue weighted by Gasteiger charge is -2.13. The van der Waals surface area contributed by atoms with Gasteiger partial charge in [-0.1, -0.05) is 29.8 Å². The minimum absolute atomic E-state index is 0.0178. The van der Waals surface area contributed by atoms with E-state index >= 15 is 0 Å². The smallest absolute Gasteiger partial charge is 0.270 e. The molecule has 2 amide bonds. The van der Waals surface area contributed by atoms with Crippen molar-refractivity contribution in [3.8, 4) is 11.3 Å². The lowest BCUT2D eigenvalue weighted by molar-refractivity contribution is -0.384. The number of furan rings is 1. The third-order valence-electron chi connectivity index (χ3n) is 4.48. The molecule has 0 saturated carbocycles. The second kappa shape index (κ2) is 9.74. The van der Waals surface area contributed by atoms with Gasteiger partial charge in [0, 0.05) is 35.4 Å². The van der Waals surface area contributed by atoms with Gasteiger partial charge in [0.25, 0.3) is 17.5 Å². The van der Waals surface area contributed by atoms with Crippen molar-refractivity contribution in [1.29, 1.82) is 0 Å². The summed E-state index contributed by atoms with van der Waals surface area (Å²) in [5, 5.41) is 16.4. The molecule has 0 aliphatic carbocycles. The molecular formula is C24H23N3O5. The molecule has 0 spiro atoms. The number of carbonyl (C=O) groups is 2. The first-order valence-corrected chi connectivity index (χ1v) is 9.98. The number of carbonyl (C=O) groups excluding carboxylic acids is 2. The van der Waals surface area contributed by atoms with Crippen molar-refractivity contribution in [3.05, 3.63) is 93.4 Å². The second-order valence-electron chi connectivity index (χ2n) is 7.52. The van der Waals surface area contributed by atoms with Crippen LogP contribution in [0.4, 0.5) is 5.69 Å². The third kappa shape index (κ3) is 5.69. The third-order valence-corrected chi connectivity index (χ3v) is 4.48. The van der Waals surface area contributed by atoms with Crippen LogP contribution in [0.5, 0.6) is 0 Å². The van der Waals surface area contributed by atoms with E-state index in [1.54, 1.807) is 36.4 Å². The van der Waals surface area contributed by atoms with Gasteiger partial charge in [-0.25, -0.2) is 0 Å². The van der Waals surface area contributed by atoms with Crippen LogP contribution >= 0.6 is 0 Å². The number of nitrogens with zero attached hydrogens (tertiary/aromatic N) is 1. The summed E-state index contributed by atoms with van der Waals surface area (Å²) in [6.07, 6.45) is 1.42. The molecule has 0 saturated heterocycles. The van der Waals surface area contributed by atoms with E-state index in [0.717, 1.165) is 5.56 Å². The Morgan fingerprint density at radius 3 is 2.44 bits per heavy atom. The maximum absolute atomic E-state index is 12.7. The van der Waals surface area contributed by atoms with Gasteiger partial charge in [0.15, 0.2) is 0 Å². The molecule has 2 aromatic carbocycles. The summed E-state index contributed by atoms with van der Waals surface area (Å²) < 4.78 is 5.76. The van der Waals surface area contributed by atoms with Crippen LogP contribution in [-0.2, 0) is 4.79 Å². The zero-order valence-electron chi connectivity index (χ0n) is 17.9. The van der Waals surface area contributed by atoms with Crippen LogP contribution in [0, 0.1) is 17.0 Å². The van der Waals surface area contributed by atoms with Gasteiger partial charge in [0.1, 0.15) is 17.2 Å². The molecule has 3 aromatic rings. The van der Waals surface area contributed by atoms with Crippen LogP contribution in [0.25, 0.3) is 17.4 Å². The first-order valence-electron chi connectivity index (χ1n) is 9.98. The number of hydrogen-bond acceptors (Lipinski definition) is 5. The molecule has 164 valence electrons. The number of hydrogen-bond donors (Lipinski definition) is 2. The summed E-state index contributed by atoms with van der Waals surface area (Å²) >= 11 is 0. The van der Waals surface area contributed by atoms with Crippen molar-refractivity contribution < 1.29 is 18.9 Å². The van der Waals surface area contributed by atoms with Gasteiger partial charge in [0.2, 0.25) is 0 Å². The van der Waals surface area contributed by atoms with E-state index in [1.807, 2.05) is 32.9 Å². The van der Waals surface area contributed by atoms with Crippen molar-refractivity contribution >= 4 is 23.6 Å². The molecule has 0 atom stereocenters. The number of benzene rings is 2. The van der Waals surface area contributed by atoms with E-state index in [0.29, 0.717) is 22.6 Å². The largest absolute Gasteiger partial charge is 0.457 e. The lowest BCUT2D eigenvalue weighted by atomic mass is 10.1. The number of nitrogens with one attached hydrogen (secondary N) is 2. The molecule has 0 aliphatic rings. The van der Waals surface area contributed by atoms with Gasteiger partial charge in [-0.15, -0.1) is 0 Å². The predicted octanol–water partition coefficient (Wildman–Crippen LogP) is 4.46. The van der Waals surface area contributed by atoms with Crippen LogP contribution in [0.2, 0.25) is 0 Å². The van der Waals surface area contributed by atoms with Crippen molar-refractivity contribution in [2.45, 2.75) is 26.8 Å². The Balaban J connectivity index is 1.89. The molecule has 8 heteroatoms. The van der Waals surface area contributed by atoms with E-state index in [9.17, 15) is 19.7 Å². The Morgan fingerprint density at radius 1 is 1.06 bits per heavy atom. The standard InChI is InChI=1S/C24H23N3O5/c1-15(2)25-24(29)21(26-23(28)17-9-7-16(3)8-10-17)14-20-11-12-22(32-20)18-5-4-6-19(13-18)27(30)31/h4-15H,1-3H3,(H,25,29)(H,26,28). The van der Waals surface area contributed by atoms with Crippen molar-refractivity contribution in [1.82, 2.24) is 10.6 Å². The molecule has 1 heterocycles. The normalized spacial score (nSPS) is 11.3. The highest BCUT2D eigenvalue weighted by Crippen LogP contribution is 2.26. The molecule has 0 radical (unpaired) electrons. The van der Waals surface area contributed by atoms with Gasteiger partial charge in [0.05, 0.1) is 4.92 Å². The van der Waals surface area contributed by atoms with Crippen molar-refractivity contribution in [2.75, 3.05) is 0 Å². The number of aryl methyl sites for hydroxylation is 1. The number of amides is 2.